The third-order valence-corrected chi connectivity index (χ3v) is 5.29. The molecule has 1 fully saturated rings. The molecule has 0 saturated carbocycles. The number of nitrogens with zero attached hydrogens (tertiary/aromatic N) is 3. The van der Waals surface area contributed by atoms with Crippen LogP contribution in [0.4, 0.5) is 11.6 Å². The highest BCUT2D eigenvalue weighted by atomic mass is 32.1. The van der Waals surface area contributed by atoms with Gasteiger partial charge in [-0.05, 0) is 56.6 Å². The molecule has 2 aromatic heterocycles. The quantitative estimate of drug-likeness (QED) is 0.581. The van der Waals surface area contributed by atoms with Crippen LogP contribution >= 0.6 is 11.3 Å². The van der Waals surface area contributed by atoms with Gasteiger partial charge in [0.1, 0.15) is 10.6 Å². The van der Waals surface area contributed by atoms with Gasteiger partial charge >= 0.3 is 0 Å². The van der Waals surface area contributed by atoms with Gasteiger partial charge in [-0.1, -0.05) is 0 Å². The maximum Gasteiger partial charge on any atom is 0.240 e. The van der Waals surface area contributed by atoms with Gasteiger partial charge in [0.15, 0.2) is 0 Å². The van der Waals surface area contributed by atoms with Crippen LogP contribution < -0.4 is 21.1 Å². The maximum atomic E-state index is 5.98. The molecule has 1 aliphatic heterocycles. The predicted molar refractivity (Wildman–Crippen MR) is 108 cm³/mol. The van der Waals surface area contributed by atoms with Crippen molar-refractivity contribution in [2.45, 2.75) is 25.8 Å². The third kappa shape index (κ3) is 4.35. The summed E-state index contributed by atoms with van der Waals surface area (Å²) in [7, 11) is 0. The molecule has 27 heavy (non-hydrogen) atoms. The van der Waals surface area contributed by atoms with Crippen molar-refractivity contribution in [1.29, 1.82) is 0 Å². The molecule has 0 aliphatic carbocycles. The van der Waals surface area contributed by atoms with E-state index in [1.807, 2.05) is 25.1 Å². The van der Waals surface area contributed by atoms with Crippen LogP contribution in [-0.2, 0) is 0 Å². The molecule has 1 unspecified atom stereocenters. The lowest BCUT2D eigenvalue weighted by molar-refractivity contribution is 0.467. The SMILES string of the molecule is Cc1nc(Oc2ccc(N)cc2)c(-c2ccnc(NC3CCCNC3)n2)s1. The number of aryl methyl sites for hydroxylation is 1. The molecule has 0 amide bonds. The monoisotopic (exact) mass is 382 g/mol. The smallest absolute Gasteiger partial charge is 0.240 e. The van der Waals surface area contributed by atoms with Crippen molar-refractivity contribution in [2.75, 3.05) is 24.1 Å². The average molecular weight is 382 g/mol. The van der Waals surface area contributed by atoms with Gasteiger partial charge in [-0.25, -0.2) is 15.0 Å². The molecule has 7 nitrogen and oxygen atoms in total. The van der Waals surface area contributed by atoms with E-state index in [4.69, 9.17) is 10.5 Å². The second-order valence-electron chi connectivity index (χ2n) is 6.49. The van der Waals surface area contributed by atoms with E-state index in [9.17, 15) is 0 Å². The molecule has 4 N–H and O–H groups in total. The number of anilines is 2. The number of hydrogen-bond acceptors (Lipinski definition) is 8. The molecule has 3 heterocycles. The summed E-state index contributed by atoms with van der Waals surface area (Å²) in [6.07, 6.45) is 4.04. The molecule has 8 heteroatoms. The van der Waals surface area contributed by atoms with Gasteiger partial charge in [0.2, 0.25) is 11.8 Å². The van der Waals surface area contributed by atoms with E-state index in [0.717, 1.165) is 41.5 Å². The summed E-state index contributed by atoms with van der Waals surface area (Å²) < 4.78 is 5.98. The van der Waals surface area contributed by atoms with Crippen LogP contribution in [0.5, 0.6) is 11.6 Å². The van der Waals surface area contributed by atoms with E-state index in [-0.39, 0.29) is 0 Å². The van der Waals surface area contributed by atoms with Crippen molar-refractivity contribution in [3.63, 3.8) is 0 Å². The van der Waals surface area contributed by atoms with Crippen LogP contribution in [0.25, 0.3) is 10.6 Å². The summed E-state index contributed by atoms with van der Waals surface area (Å²) in [4.78, 5) is 14.5. The first-order valence-corrected chi connectivity index (χ1v) is 9.80. The molecule has 3 aromatic rings. The van der Waals surface area contributed by atoms with Gasteiger partial charge in [0.05, 0.1) is 10.7 Å². The van der Waals surface area contributed by atoms with E-state index in [0.29, 0.717) is 29.3 Å². The van der Waals surface area contributed by atoms with Crippen LogP contribution in [0, 0.1) is 6.92 Å². The van der Waals surface area contributed by atoms with E-state index in [1.54, 1.807) is 29.7 Å². The fourth-order valence-electron chi connectivity index (χ4n) is 3.00. The largest absolute Gasteiger partial charge is 0.437 e. The molecular weight excluding hydrogens is 360 g/mol. The number of aromatic nitrogens is 3. The number of nitrogens with two attached hydrogens (primary N) is 1. The Morgan fingerprint density at radius 3 is 2.85 bits per heavy atom. The predicted octanol–water partition coefficient (Wildman–Crippen LogP) is 3.45. The molecular formula is C19H22N6OS. The Morgan fingerprint density at radius 2 is 2.07 bits per heavy atom. The maximum absolute atomic E-state index is 5.98. The molecule has 4 rings (SSSR count). The standard InChI is InChI=1S/C19H22N6OS/c1-12-23-18(26-15-6-4-13(20)5-7-15)17(27-12)16-8-10-22-19(25-16)24-14-3-2-9-21-11-14/h4-8,10,14,21H,2-3,9,11,20H2,1H3,(H,22,24,25). The zero-order chi connectivity index (χ0) is 18.6. The number of nitrogen functional groups attached to an aromatic ring is 1. The molecule has 0 spiro atoms. The van der Waals surface area contributed by atoms with Gasteiger partial charge in [0, 0.05) is 24.5 Å². The lowest BCUT2D eigenvalue weighted by Crippen LogP contribution is -2.38. The summed E-state index contributed by atoms with van der Waals surface area (Å²) in [5.74, 6) is 1.87. The lowest BCUT2D eigenvalue weighted by atomic mass is 10.1. The highest BCUT2D eigenvalue weighted by Gasteiger charge is 2.17. The first kappa shape index (κ1) is 17.7. The van der Waals surface area contributed by atoms with Crippen LogP contribution in [0.2, 0.25) is 0 Å². The highest BCUT2D eigenvalue weighted by Crippen LogP contribution is 2.37. The van der Waals surface area contributed by atoms with Crippen LogP contribution in [-0.4, -0.2) is 34.1 Å². The van der Waals surface area contributed by atoms with Crippen LogP contribution in [0.3, 0.4) is 0 Å². The molecule has 1 atom stereocenters. The Labute approximate surface area is 162 Å². The van der Waals surface area contributed by atoms with Crippen molar-refractivity contribution in [3.05, 3.63) is 41.5 Å². The van der Waals surface area contributed by atoms with Crippen molar-refractivity contribution in [3.8, 4) is 22.2 Å². The van der Waals surface area contributed by atoms with Gasteiger partial charge < -0.3 is 21.1 Å². The van der Waals surface area contributed by atoms with Gasteiger partial charge in [-0.3, -0.25) is 0 Å². The fraction of sp³-hybridized carbons (Fsp3) is 0.316. The third-order valence-electron chi connectivity index (χ3n) is 4.32. The highest BCUT2D eigenvalue weighted by molar-refractivity contribution is 7.15. The van der Waals surface area contributed by atoms with E-state index in [2.05, 4.69) is 25.6 Å². The topological polar surface area (TPSA) is 98.0 Å². The van der Waals surface area contributed by atoms with E-state index >= 15 is 0 Å². The normalized spacial score (nSPS) is 16.9. The van der Waals surface area contributed by atoms with Crippen molar-refractivity contribution < 1.29 is 4.74 Å². The summed E-state index contributed by atoms with van der Waals surface area (Å²) in [5, 5.41) is 7.72. The number of rotatable bonds is 5. The minimum Gasteiger partial charge on any atom is -0.437 e. The summed E-state index contributed by atoms with van der Waals surface area (Å²) in [6, 6.07) is 9.50. The summed E-state index contributed by atoms with van der Waals surface area (Å²) in [6.45, 7) is 3.96. The number of piperidine rings is 1. The second-order valence-corrected chi connectivity index (χ2v) is 7.69. The van der Waals surface area contributed by atoms with Crippen molar-refractivity contribution in [2.24, 2.45) is 0 Å². The Bertz CT molecular complexity index is 905. The van der Waals surface area contributed by atoms with Gasteiger partial charge in [-0.15, -0.1) is 11.3 Å². The first-order valence-electron chi connectivity index (χ1n) is 8.99. The lowest BCUT2D eigenvalue weighted by Gasteiger charge is -2.23. The van der Waals surface area contributed by atoms with Crippen LogP contribution in [0.1, 0.15) is 17.8 Å². The zero-order valence-corrected chi connectivity index (χ0v) is 15.9. The minimum absolute atomic E-state index is 0.350. The molecule has 0 bridgehead atoms. The first-order chi connectivity index (χ1) is 13.2. The number of ether oxygens (including phenoxy) is 1. The van der Waals surface area contributed by atoms with Crippen molar-refractivity contribution >= 4 is 23.0 Å². The molecule has 1 saturated heterocycles. The molecule has 1 aliphatic rings. The van der Waals surface area contributed by atoms with E-state index in [1.165, 1.54) is 0 Å². The Hall–Kier alpha value is -2.71. The van der Waals surface area contributed by atoms with Gasteiger partial charge in [-0.2, -0.15) is 0 Å². The number of thiazole rings is 1. The second kappa shape index (κ2) is 7.89. The number of benzene rings is 1. The average Bonchev–Trinajstić information content (AvgIpc) is 3.05. The summed E-state index contributed by atoms with van der Waals surface area (Å²) >= 11 is 1.55. The Morgan fingerprint density at radius 1 is 1.22 bits per heavy atom. The van der Waals surface area contributed by atoms with E-state index < -0.39 is 0 Å². The minimum atomic E-state index is 0.350. The van der Waals surface area contributed by atoms with Crippen LogP contribution in [0.15, 0.2) is 36.5 Å². The molecule has 1 aromatic carbocycles. The zero-order valence-electron chi connectivity index (χ0n) is 15.1. The fourth-order valence-corrected chi connectivity index (χ4v) is 3.82. The Kier molecular flexibility index (Phi) is 5.17. The Balaban J connectivity index is 1.57. The number of hydrogen-bond donors (Lipinski definition) is 3. The summed E-state index contributed by atoms with van der Waals surface area (Å²) in [5.41, 5.74) is 7.23. The molecule has 0 radical (unpaired) electrons. The van der Waals surface area contributed by atoms with Crippen molar-refractivity contribution in [1.82, 2.24) is 20.3 Å². The number of nitrogens with one attached hydrogen (secondary N) is 2. The van der Waals surface area contributed by atoms with Gasteiger partial charge in [0.25, 0.3) is 0 Å². The molecule has 140 valence electrons.